The molecular formula is C29H29NO11. The minimum Gasteiger partial charge on any atom is -0.507 e. The molecule has 0 spiro atoms. The zero-order valence-corrected chi connectivity index (χ0v) is 22.4. The Morgan fingerprint density at radius 2 is 1.78 bits per heavy atom. The predicted molar refractivity (Wildman–Crippen MR) is 140 cm³/mol. The quantitative estimate of drug-likeness (QED) is 0.144. The number of benzene rings is 2. The van der Waals surface area contributed by atoms with Crippen LogP contribution in [0.25, 0.3) is 0 Å². The molecule has 1 saturated heterocycles. The standard InChI is InChI=1S/C29H29NO11/c1-11-22(33)21-20(24(35)17-8-16(40-13(3)32)7-15(10-31)19(17)25(21)36)18(6-14-4-5-30-9-14)28(11)41-29-27(38)26(37)23(34)12(2)39-29/h4-5,7-9,12,23,26-27,29-31,33-34,37-38H,6,10H2,1-3H3. The summed E-state index contributed by atoms with van der Waals surface area (Å²) in [7, 11) is 0. The average molecular weight is 568 g/mol. The van der Waals surface area contributed by atoms with Crippen LogP contribution >= 0.6 is 0 Å². The van der Waals surface area contributed by atoms with Gasteiger partial charge in [-0.3, -0.25) is 14.4 Å². The molecule has 5 atom stereocenters. The molecule has 5 rings (SSSR count). The molecule has 1 fully saturated rings. The Bertz CT molecular complexity index is 1550. The second kappa shape index (κ2) is 10.7. The van der Waals surface area contributed by atoms with Crippen LogP contribution in [0.1, 0.15) is 67.9 Å². The number of carbonyl (C=O) groups is 3. The number of aliphatic hydroxyl groups is 4. The third-order valence-electron chi connectivity index (χ3n) is 7.40. The molecule has 1 aromatic heterocycles. The van der Waals surface area contributed by atoms with Crippen LogP contribution in [0.5, 0.6) is 17.2 Å². The summed E-state index contributed by atoms with van der Waals surface area (Å²) >= 11 is 0. The molecule has 2 aromatic carbocycles. The summed E-state index contributed by atoms with van der Waals surface area (Å²) < 4.78 is 16.8. The van der Waals surface area contributed by atoms with E-state index in [2.05, 4.69) is 4.98 Å². The van der Waals surface area contributed by atoms with Gasteiger partial charge >= 0.3 is 5.97 Å². The van der Waals surface area contributed by atoms with Crippen molar-refractivity contribution in [2.75, 3.05) is 0 Å². The number of hydrogen-bond donors (Lipinski definition) is 6. The number of esters is 1. The van der Waals surface area contributed by atoms with Gasteiger partial charge in [-0.05, 0) is 43.2 Å². The first-order valence-electron chi connectivity index (χ1n) is 12.9. The SMILES string of the molecule is CC(=O)Oc1cc(CO)c2c(c1)C(=O)c1c(Cc3cc[nH]c3)c(OC3OC(C)C(O)C(O)C3O)c(C)c(O)c1C2=O. The van der Waals surface area contributed by atoms with Crippen molar-refractivity contribution >= 4 is 17.5 Å². The summed E-state index contributed by atoms with van der Waals surface area (Å²) in [5.41, 5.74) is 0.229. The number of aromatic nitrogens is 1. The molecule has 0 saturated carbocycles. The van der Waals surface area contributed by atoms with E-state index in [4.69, 9.17) is 14.2 Å². The smallest absolute Gasteiger partial charge is 0.308 e. The fraction of sp³-hybridized carbons (Fsp3) is 0.345. The Hall–Kier alpha value is -4.07. The molecule has 3 aromatic rings. The lowest BCUT2D eigenvalue weighted by Gasteiger charge is -2.39. The van der Waals surface area contributed by atoms with Crippen molar-refractivity contribution in [3.8, 4) is 17.2 Å². The maximum atomic E-state index is 14.1. The molecule has 2 aliphatic rings. The van der Waals surface area contributed by atoms with E-state index in [1.54, 1.807) is 18.5 Å². The molecule has 6 N–H and O–H groups in total. The van der Waals surface area contributed by atoms with Crippen molar-refractivity contribution in [1.29, 1.82) is 0 Å². The number of phenols is 1. The highest BCUT2D eigenvalue weighted by Crippen LogP contribution is 2.46. The van der Waals surface area contributed by atoms with Crippen LogP contribution in [-0.4, -0.2) is 78.8 Å². The minimum atomic E-state index is -1.68. The normalized spacial score (nSPS) is 23.6. The lowest BCUT2D eigenvalue weighted by Crippen LogP contribution is -2.58. The maximum Gasteiger partial charge on any atom is 0.308 e. The summed E-state index contributed by atoms with van der Waals surface area (Å²) in [5.74, 6) is -2.76. The van der Waals surface area contributed by atoms with Gasteiger partial charge in [0, 0.05) is 53.6 Å². The number of aromatic hydroxyl groups is 1. The van der Waals surface area contributed by atoms with Gasteiger partial charge in [0.2, 0.25) is 6.29 Å². The molecule has 0 radical (unpaired) electrons. The molecule has 0 bridgehead atoms. The zero-order chi connectivity index (χ0) is 29.7. The largest absolute Gasteiger partial charge is 0.507 e. The fourth-order valence-electron chi connectivity index (χ4n) is 5.33. The number of H-pyrrole nitrogens is 1. The van der Waals surface area contributed by atoms with Gasteiger partial charge in [-0.2, -0.15) is 0 Å². The first-order chi connectivity index (χ1) is 19.4. The van der Waals surface area contributed by atoms with E-state index >= 15 is 0 Å². The van der Waals surface area contributed by atoms with Gasteiger partial charge in [0.05, 0.1) is 18.3 Å². The van der Waals surface area contributed by atoms with Crippen molar-refractivity contribution in [3.05, 3.63) is 75.1 Å². The molecule has 41 heavy (non-hydrogen) atoms. The summed E-state index contributed by atoms with van der Waals surface area (Å²) in [5, 5.41) is 52.3. The van der Waals surface area contributed by atoms with E-state index in [9.17, 15) is 39.9 Å². The van der Waals surface area contributed by atoms with Crippen molar-refractivity contribution < 1.29 is 54.1 Å². The summed E-state index contributed by atoms with van der Waals surface area (Å²) in [6.45, 7) is 3.45. The van der Waals surface area contributed by atoms with Crippen LogP contribution in [0.4, 0.5) is 0 Å². The van der Waals surface area contributed by atoms with E-state index in [1.165, 1.54) is 26.0 Å². The van der Waals surface area contributed by atoms with Crippen molar-refractivity contribution in [3.63, 3.8) is 0 Å². The number of fused-ring (bicyclic) bond motifs is 2. The number of hydrogen-bond acceptors (Lipinski definition) is 11. The van der Waals surface area contributed by atoms with E-state index < -0.39 is 60.6 Å². The first-order valence-corrected chi connectivity index (χ1v) is 12.9. The summed E-state index contributed by atoms with van der Waals surface area (Å²) in [4.78, 5) is 42.5. The van der Waals surface area contributed by atoms with E-state index in [0.717, 1.165) is 6.92 Å². The zero-order valence-electron chi connectivity index (χ0n) is 22.4. The number of aromatic amines is 1. The monoisotopic (exact) mass is 567 g/mol. The maximum absolute atomic E-state index is 14.1. The summed E-state index contributed by atoms with van der Waals surface area (Å²) in [6.07, 6.45) is -3.73. The van der Waals surface area contributed by atoms with Crippen molar-refractivity contribution in [2.24, 2.45) is 0 Å². The number of ketones is 2. The topological polar surface area (TPSA) is 196 Å². The van der Waals surface area contributed by atoms with Crippen molar-refractivity contribution in [2.45, 2.75) is 64.5 Å². The van der Waals surface area contributed by atoms with Gasteiger partial charge in [-0.25, -0.2) is 0 Å². The molecule has 216 valence electrons. The van der Waals surface area contributed by atoms with Gasteiger partial charge in [-0.15, -0.1) is 0 Å². The van der Waals surface area contributed by atoms with Crippen LogP contribution < -0.4 is 9.47 Å². The molecular weight excluding hydrogens is 538 g/mol. The third-order valence-corrected chi connectivity index (χ3v) is 7.40. The Balaban J connectivity index is 1.73. The van der Waals surface area contributed by atoms with Crippen LogP contribution in [0.15, 0.2) is 30.6 Å². The summed E-state index contributed by atoms with van der Waals surface area (Å²) in [6, 6.07) is 4.24. The van der Waals surface area contributed by atoms with E-state index in [1.807, 2.05) is 0 Å². The third kappa shape index (κ3) is 4.79. The van der Waals surface area contributed by atoms with Crippen molar-refractivity contribution in [1.82, 2.24) is 4.98 Å². The minimum absolute atomic E-state index is 0.0348. The van der Waals surface area contributed by atoms with Crippen LogP contribution in [-0.2, 0) is 22.6 Å². The molecule has 12 nitrogen and oxygen atoms in total. The Morgan fingerprint density at radius 1 is 1.05 bits per heavy atom. The number of ether oxygens (including phenoxy) is 3. The molecule has 12 heteroatoms. The highest BCUT2D eigenvalue weighted by atomic mass is 16.7. The molecule has 5 unspecified atom stereocenters. The van der Waals surface area contributed by atoms with Gasteiger partial charge in [0.1, 0.15) is 35.6 Å². The Labute approximate surface area is 233 Å². The molecule has 1 aliphatic heterocycles. The molecule has 1 aliphatic carbocycles. The van der Waals surface area contributed by atoms with Gasteiger partial charge in [0.25, 0.3) is 0 Å². The lowest BCUT2D eigenvalue weighted by atomic mass is 9.77. The molecule has 0 amide bonds. The van der Waals surface area contributed by atoms with Crippen LogP contribution in [0, 0.1) is 6.92 Å². The number of rotatable bonds is 6. The second-order valence-electron chi connectivity index (χ2n) is 10.1. The van der Waals surface area contributed by atoms with Gasteiger partial charge in [0.15, 0.2) is 11.6 Å². The van der Waals surface area contributed by atoms with E-state index in [-0.39, 0.29) is 56.9 Å². The van der Waals surface area contributed by atoms with Gasteiger partial charge in [-0.1, -0.05) is 0 Å². The first kappa shape index (κ1) is 28.5. The second-order valence-corrected chi connectivity index (χ2v) is 10.1. The van der Waals surface area contributed by atoms with Crippen LogP contribution in [0.3, 0.4) is 0 Å². The Morgan fingerprint density at radius 3 is 2.41 bits per heavy atom. The van der Waals surface area contributed by atoms with E-state index in [0.29, 0.717) is 5.56 Å². The average Bonchev–Trinajstić information content (AvgIpc) is 3.45. The van der Waals surface area contributed by atoms with Crippen LogP contribution in [0.2, 0.25) is 0 Å². The Kier molecular flexibility index (Phi) is 7.45. The highest BCUT2D eigenvalue weighted by Gasteiger charge is 2.45. The highest BCUT2D eigenvalue weighted by molar-refractivity contribution is 6.30. The number of nitrogens with one attached hydrogen (secondary N) is 1. The lowest BCUT2D eigenvalue weighted by molar-refractivity contribution is -0.268. The predicted octanol–water partition coefficient (Wildman–Crippen LogP) is 1.02. The number of phenolic OH excluding ortho intramolecular Hbond substituents is 1. The number of aliphatic hydroxyl groups excluding tert-OH is 4. The fourth-order valence-corrected chi connectivity index (χ4v) is 5.33. The number of carbonyl (C=O) groups excluding carboxylic acids is 3. The van der Waals surface area contributed by atoms with Gasteiger partial charge < -0.3 is 44.7 Å². The molecule has 2 heterocycles.